The minimum atomic E-state index is 0.484. The normalized spacial score (nSPS) is 11.1. The molecule has 0 unspecified atom stereocenters. The largest absolute Gasteiger partial charge is 0.383 e. The molecule has 2 nitrogen and oxygen atoms in total. The Morgan fingerprint density at radius 2 is 1.75 bits per heavy atom. The van der Waals surface area contributed by atoms with E-state index in [4.69, 9.17) is 0 Å². The number of rotatable bonds is 6. The van der Waals surface area contributed by atoms with Gasteiger partial charge in [-0.25, -0.2) is 0 Å². The molecule has 0 atom stereocenters. The van der Waals surface area contributed by atoms with Gasteiger partial charge in [0.15, 0.2) is 0 Å². The van der Waals surface area contributed by atoms with Crippen LogP contribution in [0.1, 0.15) is 33.3 Å². The Kier molecular flexibility index (Phi) is 5.33. The molecule has 0 aromatic heterocycles. The van der Waals surface area contributed by atoms with Crippen molar-refractivity contribution < 1.29 is 0 Å². The van der Waals surface area contributed by atoms with E-state index in [2.05, 4.69) is 62.2 Å². The van der Waals surface area contributed by atoms with Crippen molar-refractivity contribution in [1.29, 1.82) is 0 Å². The van der Waals surface area contributed by atoms with E-state index < -0.39 is 0 Å². The molecule has 0 spiro atoms. The van der Waals surface area contributed by atoms with Gasteiger partial charge in [0, 0.05) is 18.3 Å². The Hall–Kier alpha value is -1.02. The molecular formula is C14H24N2. The highest BCUT2D eigenvalue weighted by molar-refractivity contribution is 5.51. The first-order valence-electron chi connectivity index (χ1n) is 6.24. The van der Waals surface area contributed by atoms with E-state index in [0.717, 1.165) is 19.6 Å². The molecule has 0 aliphatic rings. The van der Waals surface area contributed by atoms with Crippen molar-refractivity contribution in [2.45, 2.75) is 40.3 Å². The van der Waals surface area contributed by atoms with Crippen molar-refractivity contribution in [1.82, 2.24) is 4.90 Å². The molecule has 90 valence electrons. The maximum atomic E-state index is 3.50. The maximum absolute atomic E-state index is 3.50. The highest BCUT2D eigenvalue weighted by Gasteiger charge is 2.06. The number of hydrogen-bond donors (Lipinski definition) is 1. The molecule has 16 heavy (non-hydrogen) atoms. The molecule has 0 radical (unpaired) electrons. The third-order valence-corrected chi connectivity index (χ3v) is 2.75. The summed E-state index contributed by atoms with van der Waals surface area (Å²) in [6, 6.07) is 9.07. The third-order valence-electron chi connectivity index (χ3n) is 2.75. The van der Waals surface area contributed by atoms with Crippen molar-refractivity contribution in [2.24, 2.45) is 0 Å². The zero-order chi connectivity index (χ0) is 12.0. The summed E-state index contributed by atoms with van der Waals surface area (Å²) in [7, 11) is 0. The number of para-hydroxylation sites is 1. The van der Waals surface area contributed by atoms with Crippen molar-refractivity contribution in [3.05, 3.63) is 29.8 Å². The first-order chi connectivity index (χ1) is 7.67. The highest BCUT2D eigenvalue weighted by atomic mass is 15.1. The molecule has 0 heterocycles. The lowest BCUT2D eigenvalue weighted by atomic mass is 10.1. The van der Waals surface area contributed by atoms with Gasteiger partial charge in [-0.15, -0.1) is 0 Å². The second-order valence-corrected chi connectivity index (χ2v) is 4.42. The van der Waals surface area contributed by atoms with Crippen LogP contribution in [0.15, 0.2) is 24.3 Å². The van der Waals surface area contributed by atoms with E-state index in [-0.39, 0.29) is 0 Å². The second kappa shape index (κ2) is 6.54. The van der Waals surface area contributed by atoms with E-state index in [9.17, 15) is 0 Å². The summed E-state index contributed by atoms with van der Waals surface area (Å²) < 4.78 is 0. The average Bonchev–Trinajstić information content (AvgIpc) is 2.27. The topological polar surface area (TPSA) is 15.3 Å². The molecule has 0 saturated heterocycles. The monoisotopic (exact) mass is 220 g/mol. The Morgan fingerprint density at radius 3 is 2.31 bits per heavy atom. The fourth-order valence-corrected chi connectivity index (χ4v) is 1.80. The highest BCUT2D eigenvalue weighted by Crippen LogP contribution is 2.17. The zero-order valence-corrected chi connectivity index (χ0v) is 11.0. The predicted octanol–water partition coefficient (Wildman–Crippen LogP) is 3.35. The van der Waals surface area contributed by atoms with Crippen LogP contribution < -0.4 is 5.32 Å². The molecule has 0 aliphatic carbocycles. The van der Waals surface area contributed by atoms with Gasteiger partial charge < -0.3 is 5.32 Å². The molecular weight excluding hydrogens is 196 g/mol. The Labute approximate surface area is 99.7 Å². The number of nitrogens with one attached hydrogen (secondary N) is 1. The van der Waals surface area contributed by atoms with Gasteiger partial charge in [-0.1, -0.05) is 32.0 Å². The lowest BCUT2D eigenvalue weighted by molar-refractivity contribution is 0.296. The number of nitrogens with zero attached hydrogens (tertiary/aromatic N) is 1. The minimum Gasteiger partial charge on any atom is -0.383 e. The summed E-state index contributed by atoms with van der Waals surface area (Å²) in [6.07, 6.45) is 0. The van der Waals surface area contributed by atoms with Gasteiger partial charge in [0.25, 0.3) is 0 Å². The standard InChI is InChI=1S/C14H24N2/c1-5-16(6-2)11-13-9-7-8-10-14(13)15-12(3)4/h7-10,12,15H,5-6,11H2,1-4H3. The van der Waals surface area contributed by atoms with E-state index in [1.807, 2.05) is 0 Å². The molecule has 1 N–H and O–H groups in total. The summed E-state index contributed by atoms with van der Waals surface area (Å²) in [5.41, 5.74) is 2.66. The first kappa shape index (κ1) is 13.0. The molecule has 0 saturated carbocycles. The van der Waals surface area contributed by atoms with Gasteiger partial charge in [0.2, 0.25) is 0 Å². The van der Waals surface area contributed by atoms with E-state index in [1.165, 1.54) is 11.3 Å². The number of hydrogen-bond acceptors (Lipinski definition) is 2. The molecule has 0 fully saturated rings. The van der Waals surface area contributed by atoms with Gasteiger partial charge in [0.1, 0.15) is 0 Å². The average molecular weight is 220 g/mol. The Bertz CT molecular complexity index is 303. The van der Waals surface area contributed by atoms with Crippen molar-refractivity contribution >= 4 is 5.69 Å². The van der Waals surface area contributed by atoms with Crippen molar-refractivity contribution in [3.8, 4) is 0 Å². The number of benzene rings is 1. The van der Waals surface area contributed by atoms with Crippen LogP contribution in [0.5, 0.6) is 0 Å². The molecule has 2 heteroatoms. The van der Waals surface area contributed by atoms with Gasteiger partial charge in [0.05, 0.1) is 0 Å². The van der Waals surface area contributed by atoms with Gasteiger partial charge >= 0.3 is 0 Å². The van der Waals surface area contributed by atoms with Crippen LogP contribution in [-0.2, 0) is 6.54 Å². The third kappa shape index (κ3) is 3.86. The smallest absolute Gasteiger partial charge is 0.0387 e. The predicted molar refractivity (Wildman–Crippen MR) is 71.8 cm³/mol. The Morgan fingerprint density at radius 1 is 1.12 bits per heavy atom. The number of anilines is 1. The fraction of sp³-hybridized carbons (Fsp3) is 0.571. The van der Waals surface area contributed by atoms with Crippen LogP contribution in [0.2, 0.25) is 0 Å². The van der Waals surface area contributed by atoms with Crippen molar-refractivity contribution in [2.75, 3.05) is 18.4 Å². The lowest BCUT2D eigenvalue weighted by Crippen LogP contribution is -2.23. The molecule has 1 aromatic rings. The Balaban J connectivity index is 2.77. The van der Waals surface area contributed by atoms with Crippen molar-refractivity contribution in [3.63, 3.8) is 0 Å². The van der Waals surface area contributed by atoms with Crippen LogP contribution in [0.25, 0.3) is 0 Å². The fourth-order valence-electron chi connectivity index (χ4n) is 1.80. The summed E-state index contributed by atoms with van der Waals surface area (Å²) in [4.78, 5) is 2.43. The minimum absolute atomic E-state index is 0.484. The summed E-state index contributed by atoms with van der Waals surface area (Å²) in [6.45, 7) is 12.0. The molecule has 1 aromatic carbocycles. The summed E-state index contributed by atoms with van der Waals surface area (Å²) >= 11 is 0. The summed E-state index contributed by atoms with van der Waals surface area (Å²) in [5.74, 6) is 0. The maximum Gasteiger partial charge on any atom is 0.0387 e. The van der Waals surface area contributed by atoms with E-state index in [0.29, 0.717) is 6.04 Å². The van der Waals surface area contributed by atoms with Crippen LogP contribution in [0, 0.1) is 0 Å². The van der Waals surface area contributed by atoms with Gasteiger partial charge in [-0.2, -0.15) is 0 Å². The zero-order valence-electron chi connectivity index (χ0n) is 11.0. The van der Waals surface area contributed by atoms with Crippen LogP contribution in [-0.4, -0.2) is 24.0 Å². The quantitative estimate of drug-likeness (QED) is 0.791. The second-order valence-electron chi connectivity index (χ2n) is 4.42. The van der Waals surface area contributed by atoms with Crippen LogP contribution in [0.4, 0.5) is 5.69 Å². The molecule has 0 bridgehead atoms. The first-order valence-corrected chi connectivity index (χ1v) is 6.24. The van der Waals surface area contributed by atoms with Crippen LogP contribution >= 0.6 is 0 Å². The van der Waals surface area contributed by atoms with Gasteiger partial charge in [-0.3, -0.25) is 4.90 Å². The van der Waals surface area contributed by atoms with E-state index >= 15 is 0 Å². The van der Waals surface area contributed by atoms with Crippen LogP contribution in [0.3, 0.4) is 0 Å². The molecule has 1 rings (SSSR count). The molecule has 0 aliphatic heterocycles. The van der Waals surface area contributed by atoms with Gasteiger partial charge in [-0.05, 0) is 38.6 Å². The van der Waals surface area contributed by atoms with E-state index in [1.54, 1.807) is 0 Å². The summed E-state index contributed by atoms with van der Waals surface area (Å²) in [5, 5.41) is 3.50. The SMILES string of the molecule is CCN(CC)Cc1ccccc1NC(C)C. The molecule has 0 amide bonds. The lowest BCUT2D eigenvalue weighted by Gasteiger charge is -2.21.